The number of ether oxygens (including phenoxy) is 1. The highest BCUT2D eigenvalue weighted by Crippen LogP contribution is 2.41. The first-order chi connectivity index (χ1) is 10.4. The van der Waals surface area contributed by atoms with Crippen LogP contribution in [0.1, 0.15) is 25.5 Å². The first-order valence-electron chi connectivity index (χ1n) is 7.49. The van der Waals surface area contributed by atoms with Crippen LogP contribution >= 0.6 is 0 Å². The minimum absolute atomic E-state index is 0.00162. The molecule has 1 saturated heterocycles. The molecule has 4 nitrogen and oxygen atoms in total. The predicted molar refractivity (Wildman–Crippen MR) is 81.0 cm³/mol. The number of methoxy groups -OCH3 is 1. The lowest BCUT2D eigenvalue weighted by Crippen LogP contribution is -2.50. The van der Waals surface area contributed by atoms with Gasteiger partial charge < -0.3 is 15.2 Å². The summed E-state index contributed by atoms with van der Waals surface area (Å²) in [6, 6.07) is 1.85. The van der Waals surface area contributed by atoms with Gasteiger partial charge in [-0.2, -0.15) is 0 Å². The molecule has 0 aliphatic carbocycles. The highest BCUT2D eigenvalue weighted by molar-refractivity contribution is 5.33. The van der Waals surface area contributed by atoms with Gasteiger partial charge in [0.2, 0.25) is 0 Å². The fraction of sp³-hybridized carbons (Fsp3) is 0.625. The smallest absolute Gasteiger partial charge is 0.134 e. The molecule has 1 aliphatic rings. The molecule has 0 amide bonds. The van der Waals surface area contributed by atoms with Crippen molar-refractivity contribution in [1.82, 2.24) is 10.2 Å². The second-order valence-corrected chi connectivity index (χ2v) is 6.34. The summed E-state index contributed by atoms with van der Waals surface area (Å²) < 4.78 is 34.0. The van der Waals surface area contributed by atoms with Crippen molar-refractivity contribution in [2.45, 2.75) is 19.9 Å². The van der Waals surface area contributed by atoms with Crippen LogP contribution in [0.15, 0.2) is 12.1 Å². The lowest BCUT2D eigenvalue weighted by Gasteiger charge is -2.43. The zero-order valence-corrected chi connectivity index (χ0v) is 13.3. The summed E-state index contributed by atoms with van der Waals surface area (Å²) in [5.41, 5.74) is -0.671. The maximum Gasteiger partial charge on any atom is 0.134 e. The minimum Gasteiger partial charge on any atom is -0.497 e. The first-order valence-corrected chi connectivity index (χ1v) is 7.49. The number of nitrogens with zero attached hydrogens (tertiary/aromatic N) is 1. The molecule has 1 aliphatic heterocycles. The molecule has 0 radical (unpaired) electrons. The molecule has 0 aromatic heterocycles. The van der Waals surface area contributed by atoms with E-state index in [2.05, 4.69) is 5.32 Å². The van der Waals surface area contributed by atoms with E-state index in [-0.39, 0.29) is 17.9 Å². The fourth-order valence-corrected chi connectivity index (χ4v) is 3.03. The van der Waals surface area contributed by atoms with Gasteiger partial charge in [0, 0.05) is 61.9 Å². The second-order valence-electron chi connectivity index (χ2n) is 6.34. The molecule has 0 spiro atoms. The summed E-state index contributed by atoms with van der Waals surface area (Å²) in [6.07, 6.45) is 0. The number of aliphatic hydroxyl groups excluding tert-OH is 1. The Morgan fingerprint density at radius 3 is 2.27 bits per heavy atom. The molecule has 0 unspecified atom stereocenters. The van der Waals surface area contributed by atoms with E-state index in [1.54, 1.807) is 0 Å². The Morgan fingerprint density at radius 2 is 1.82 bits per heavy atom. The summed E-state index contributed by atoms with van der Waals surface area (Å²) in [7, 11) is 1.37. The third-order valence-electron chi connectivity index (χ3n) is 4.23. The lowest BCUT2D eigenvalue weighted by molar-refractivity contribution is 0.0265. The molecule has 0 saturated carbocycles. The minimum atomic E-state index is -0.673. The monoisotopic (exact) mass is 314 g/mol. The summed E-state index contributed by atoms with van der Waals surface area (Å²) in [6.45, 7) is 6.37. The van der Waals surface area contributed by atoms with Gasteiger partial charge in [-0.05, 0) is 0 Å². The van der Waals surface area contributed by atoms with Gasteiger partial charge in [0.15, 0.2) is 0 Å². The van der Waals surface area contributed by atoms with E-state index in [1.165, 1.54) is 19.2 Å². The van der Waals surface area contributed by atoms with Gasteiger partial charge in [0.05, 0.1) is 7.11 Å². The van der Waals surface area contributed by atoms with Crippen molar-refractivity contribution in [3.8, 4) is 5.75 Å². The zero-order valence-electron chi connectivity index (χ0n) is 13.3. The van der Waals surface area contributed by atoms with Gasteiger partial charge in [-0.3, -0.25) is 4.90 Å². The summed E-state index contributed by atoms with van der Waals surface area (Å²) in [4.78, 5) is 2.03. The average Bonchev–Trinajstić information content (AvgIpc) is 2.51. The van der Waals surface area contributed by atoms with E-state index in [0.29, 0.717) is 13.1 Å². The van der Waals surface area contributed by atoms with E-state index < -0.39 is 23.1 Å². The van der Waals surface area contributed by atoms with Crippen molar-refractivity contribution in [3.05, 3.63) is 29.3 Å². The van der Waals surface area contributed by atoms with Crippen LogP contribution < -0.4 is 10.1 Å². The Balaban J connectivity index is 2.49. The van der Waals surface area contributed by atoms with E-state index in [1.807, 2.05) is 18.7 Å². The van der Waals surface area contributed by atoms with Crippen molar-refractivity contribution in [3.63, 3.8) is 0 Å². The molecule has 2 rings (SSSR count). The largest absolute Gasteiger partial charge is 0.497 e. The Morgan fingerprint density at radius 1 is 1.27 bits per heavy atom. The molecule has 2 N–H and O–H groups in total. The topological polar surface area (TPSA) is 44.7 Å². The molecule has 1 aromatic carbocycles. The highest BCUT2D eigenvalue weighted by Gasteiger charge is 2.39. The maximum absolute atomic E-state index is 14.5. The highest BCUT2D eigenvalue weighted by atomic mass is 19.1. The zero-order chi connectivity index (χ0) is 16.3. The summed E-state index contributed by atoms with van der Waals surface area (Å²) in [5.74, 6) is -1.12. The molecule has 1 fully saturated rings. The molecule has 0 bridgehead atoms. The number of hydrogen-bond donors (Lipinski definition) is 2. The van der Waals surface area contributed by atoms with Gasteiger partial charge in [-0.25, -0.2) is 8.78 Å². The van der Waals surface area contributed by atoms with Gasteiger partial charge in [0.1, 0.15) is 17.4 Å². The molecule has 1 aromatic rings. The number of aliphatic hydroxyl groups is 1. The Bertz CT molecular complexity index is 494. The second kappa shape index (κ2) is 6.89. The van der Waals surface area contributed by atoms with Crippen molar-refractivity contribution in [2.75, 3.05) is 39.9 Å². The molecule has 22 heavy (non-hydrogen) atoms. The number of piperazine rings is 1. The van der Waals surface area contributed by atoms with Gasteiger partial charge >= 0.3 is 0 Å². The Labute approximate surface area is 130 Å². The van der Waals surface area contributed by atoms with E-state index in [4.69, 9.17) is 4.74 Å². The van der Waals surface area contributed by atoms with Crippen LogP contribution in [0.3, 0.4) is 0 Å². The van der Waals surface area contributed by atoms with Crippen molar-refractivity contribution in [1.29, 1.82) is 0 Å². The quantitative estimate of drug-likeness (QED) is 0.872. The van der Waals surface area contributed by atoms with E-state index in [9.17, 15) is 13.9 Å². The van der Waals surface area contributed by atoms with Crippen LogP contribution in [-0.4, -0.2) is 49.9 Å². The molecular formula is C16H24F2N2O2. The SMILES string of the molecule is COc1cc(F)c([C@H](N2CCNCC2)C(C)(C)CO)c(F)c1. The molecule has 6 heteroatoms. The summed E-state index contributed by atoms with van der Waals surface area (Å²) >= 11 is 0. The number of halogens is 2. The van der Waals surface area contributed by atoms with Crippen LogP contribution in [-0.2, 0) is 0 Å². The van der Waals surface area contributed by atoms with Crippen LogP contribution in [0.5, 0.6) is 5.75 Å². The van der Waals surface area contributed by atoms with Gasteiger partial charge in [0.25, 0.3) is 0 Å². The first kappa shape index (κ1) is 17.1. The Kier molecular flexibility index (Phi) is 5.36. The maximum atomic E-state index is 14.5. The average molecular weight is 314 g/mol. The number of benzene rings is 1. The van der Waals surface area contributed by atoms with E-state index in [0.717, 1.165) is 13.1 Å². The standard InChI is InChI=1S/C16H24F2N2O2/c1-16(2,10-21)15(20-6-4-19-5-7-20)14-12(17)8-11(22-3)9-13(14)18/h8-9,15,19,21H,4-7,10H2,1-3H3/t15-/m0/s1. The molecule has 124 valence electrons. The molecular weight excluding hydrogens is 290 g/mol. The van der Waals surface area contributed by atoms with Gasteiger partial charge in [-0.15, -0.1) is 0 Å². The van der Waals surface area contributed by atoms with Crippen molar-refractivity contribution >= 4 is 0 Å². The molecule has 1 atom stereocenters. The third-order valence-corrected chi connectivity index (χ3v) is 4.23. The number of rotatable bonds is 5. The number of hydrogen-bond acceptors (Lipinski definition) is 4. The van der Waals surface area contributed by atoms with Crippen LogP contribution in [0, 0.1) is 17.0 Å². The van der Waals surface area contributed by atoms with Crippen molar-refractivity contribution < 1.29 is 18.6 Å². The fourth-order valence-electron chi connectivity index (χ4n) is 3.03. The van der Waals surface area contributed by atoms with Crippen molar-refractivity contribution in [2.24, 2.45) is 5.41 Å². The number of nitrogens with one attached hydrogen (secondary N) is 1. The Hall–Kier alpha value is -1.24. The summed E-state index contributed by atoms with van der Waals surface area (Å²) in [5, 5.41) is 13.0. The lowest BCUT2D eigenvalue weighted by atomic mass is 9.79. The normalized spacial score (nSPS) is 18.3. The third kappa shape index (κ3) is 3.39. The molecule has 1 heterocycles. The van der Waals surface area contributed by atoms with Gasteiger partial charge in [-0.1, -0.05) is 13.8 Å². The predicted octanol–water partition coefficient (Wildman–Crippen LogP) is 1.94. The van der Waals surface area contributed by atoms with Crippen LogP contribution in [0.25, 0.3) is 0 Å². The van der Waals surface area contributed by atoms with E-state index >= 15 is 0 Å². The van der Waals surface area contributed by atoms with Crippen LogP contribution in [0.2, 0.25) is 0 Å². The van der Waals surface area contributed by atoms with Crippen LogP contribution in [0.4, 0.5) is 8.78 Å².